The molecule has 126 valence electrons. The molecule has 0 aliphatic carbocycles. The molecule has 1 rings (SSSR count). The lowest BCUT2D eigenvalue weighted by atomic mass is 10.3. The van der Waals surface area contributed by atoms with Crippen LogP contribution in [0.3, 0.4) is 0 Å². The van der Waals surface area contributed by atoms with Gasteiger partial charge in [0.25, 0.3) is 0 Å². The highest BCUT2D eigenvalue weighted by molar-refractivity contribution is 8.36. The summed E-state index contributed by atoms with van der Waals surface area (Å²) in [6.07, 6.45) is 0.643. The molecule has 1 atom stereocenters. The van der Waals surface area contributed by atoms with Crippen molar-refractivity contribution in [1.29, 1.82) is 0 Å². The van der Waals surface area contributed by atoms with Gasteiger partial charge in [-0.3, -0.25) is 4.21 Å². The van der Waals surface area contributed by atoms with Crippen LogP contribution < -0.4 is 0 Å². The van der Waals surface area contributed by atoms with E-state index in [9.17, 15) is 30.2 Å². The van der Waals surface area contributed by atoms with Gasteiger partial charge in [-0.1, -0.05) is 13.8 Å². The average molecular weight is 396 g/mol. The summed E-state index contributed by atoms with van der Waals surface area (Å²) in [5.74, 6) is -7.33. The van der Waals surface area contributed by atoms with Crippen LogP contribution in [0.2, 0.25) is 0 Å². The van der Waals surface area contributed by atoms with E-state index in [2.05, 4.69) is 11.2 Å². The molecule has 0 amide bonds. The van der Waals surface area contributed by atoms with Crippen molar-refractivity contribution in [2.24, 2.45) is 0 Å². The van der Waals surface area contributed by atoms with E-state index in [4.69, 9.17) is 0 Å². The lowest BCUT2D eigenvalue weighted by Crippen LogP contribution is -2.19. The predicted octanol–water partition coefficient (Wildman–Crippen LogP) is 2.85. The molecule has 0 fully saturated rings. The summed E-state index contributed by atoms with van der Waals surface area (Å²) in [4.78, 5) is -2.45. The predicted molar refractivity (Wildman–Crippen MR) is 80.8 cm³/mol. The summed E-state index contributed by atoms with van der Waals surface area (Å²) in [6.45, 7) is 3.10. The average Bonchev–Trinajstić information content (AvgIpc) is 2.28. The van der Waals surface area contributed by atoms with Crippen LogP contribution in [0.4, 0.5) is 17.6 Å². The fourth-order valence-electron chi connectivity index (χ4n) is 1.54. The van der Waals surface area contributed by atoms with E-state index in [1.807, 2.05) is 0 Å². The molecule has 1 aromatic carbocycles. The molecule has 0 bridgehead atoms. The Morgan fingerprint density at radius 1 is 1.00 bits per heavy atom. The van der Waals surface area contributed by atoms with Gasteiger partial charge in [-0.25, -0.2) is 26.0 Å². The van der Waals surface area contributed by atoms with Gasteiger partial charge < -0.3 is 0 Å². The molecule has 0 saturated carbocycles. The van der Waals surface area contributed by atoms with Gasteiger partial charge in [0.15, 0.2) is 33.1 Å². The summed E-state index contributed by atoms with van der Waals surface area (Å²) >= 11 is 4.95. The third-order valence-corrected chi connectivity index (χ3v) is 8.58. The first-order valence-electron chi connectivity index (χ1n) is 5.71. The Morgan fingerprint density at radius 3 is 1.73 bits per heavy atom. The molecule has 1 unspecified atom stereocenters. The van der Waals surface area contributed by atoms with Crippen molar-refractivity contribution in [3.05, 3.63) is 23.3 Å². The number of hydrogen-bond acceptors (Lipinski definition) is 5. The van der Waals surface area contributed by atoms with E-state index >= 15 is 0 Å². The van der Waals surface area contributed by atoms with Crippen molar-refractivity contribution in [3.63, 3.8) is 0 Å². The van der Waals surface area contributed by atoms with Crippen LogP contribution in [0.1, 0.15) is 13.8 Å². The molecule has 0 radical (unpaired) electrons. The minimum atomic E-state index is -4.26. The smallest absolute Gasteiger partial charge is 0.179 e. The summed E-state index contributed by atoms with van der Waals surface area (Å²) < 4.78 is 90.2. The number of hydrogen-bond donors (Lipinski definition) is 0. The van der Waals surface area contributed by atoms with Gasteiger partial charge in [0.2, 0.25) is 0 Å². The topological polar surface area (TPSA) is 51.2 Å². The molecule has 0 aromatic heterocycles. The van der Waals surface area contributed by atoms with E-state index in [1.54, 1.807) is 13.8 Å². The van der Waals surface area contributed by atoms with Gasteiger partial charge in [0.05, 0.1) is 13.4 Å². The number of benzene rings is 1. The Hall–Kier alpha value is -0.390. The van der Waals surface area contributed by atoms with Gasteiger partial charge in [-0.15, -0.1) is 11.8 Å². The molecule has 11 heteroatoms. The van der Waals surface area contributed by atoms with Crippen molar-refractivity contribution in [2.45, 2.75) is 28.9 Å². The third kappa shape index (κ3) is 4.33. The van der Waals surface area contributed by atoms with E-state index < -0.39 is 56.5 Å². The van der Waals surface area contributed by atoms with Gasteiger partial charge in [0, 0.05) is 11.5 Å². The highest BCUT2D eigenvalue weighted by Gasteiger charge is 2.33. The first kappa shape index (κ1) is 19.7. The third-order valence-electron chi connectivity index (χ3n) is 2.22. The number of halogens is 4. The Balaban J connectivity index is 3.67. The highest BCUT2D eigenvalue weighted by atomic mass is 32.8. The van der Waals surface area contributed by atoms with Gasteiger partial charge in [-0.2, -0.15) is 0 Å². The first-order valence-corrected chi connectivity index (χ1v) is 11.3. The van der Waals surface area contributed by atoms with Gasteiger partial charge >= 0.3 is 0 Å². The molecular weight excluding hydrogens is 384 g/mol. The summed E-state index contributed by atoms with van der Waals surface area (Å²) in [5, 5.41) is -1.67. The van der Waals surface area contributed by atoms with Crippen LogP contribution in [0.5, 0.6) is 0 Å². The minimum Gasteiger partial charge on any atom is -0.251 e. The molecule has 0 aliphatic heterocycles. The summed E-state index contributed by atoms with van der Waals surface area (Å²) in [7, 11) is -8.24. The SMILES string of the molecule is CC(C)Sc1c(F)c(F)c(S(=O)(=S)CS(C)(=O)=O)c(F)c1F. The second kappa shape index (κ2) is 6.62. The fourth-order valence-corrected chi connectivity index (χ4v) is 7.87. The van der Waals surface area contributed by atoms with Crippen LogP contribution in [0.15, 0.2) is 9.79 Å². The van der Waals surface area contributed by atoms with E-state index in [0.717, 1.165) is 0 Å². The molecule has 22 heavy (non-hydrogen) atoms. The second-order valence-corrected chi connectivity index (χ2v) is 12.4. The van der Waals surface area contributed by atoms with Crippen molar-refractivity contribution < 1.29 is 30.2 Å². The van der Waals surface area contributed by atoms with Crippen LogP contribution >= 0.6 is 11.8 Å². The van der Waals surface area contributed by atoms with Crippen LogP contribution in [0.25, 0.3) is 0 Å². The largest absolute Gasteiger partial charge is 0.251 e. The Morgan fingerprint density at radius 2 is 1.41 bits per heavy atom. The molecule has 0 heterocycles. The number of sulfone groups is 1. The molecule has 0 aliphatic rings. The quantitative estimate of drug-likeness (QED) is 0.435. The second-order valence-electron chi connectivity index (χ2n) is 4.74. The van der Waals surface area contributed by atoms with E-state index in [1.165, 1.54) is 0 Å². The molecule has 0 N–H and O–H groups in total. The first-order chi connectivity index (χ1) is 9.78. The Bertz CT molecular complexity index is 772. The lowest BCUT2D eigenvalue weighted by molar-refractivity contribution is 0.398. The van der Waals surface area contributed by atoms with Crippen LogP contribution in [-0.2, 0) is 29.5 Å². The zero-order chi connectivity index (χ0) is 17.5. The van der Waals surface area contributed by atoms with E-state index in [-0.39, 0.29) is 5.25 Å². The molecule has 0 saturated heterocycles. The number of rotatable bonds is 5. The summed E-state index contributed by atoms with van der Waals surface area (Å²) in [6, 6.07) is 0. The number of thioether (sulfide) groups is 1. The van der Waals surface area contributed by atoms with Crippen molar-refractivity contribution in [2.75, 3.05) is 11.3 Å². The maximum atomic E-state index is 14.0. The highest BCUT2D eigenvalue weighted by Crippen LogP contribution is 2.35. The zero-order valence-corrected chi connectivity index (χ0v) is 14.9. The molecule has 0 spiro atoms. The van der Waals surface area contributed by atoms with Crippen LogP contribution in [-0.4, -0.2) is 29.2 Å². The van der Waals surface area contributed by atoms with Crippen molar-refractivity contribution in [3.8, 4) is 0 Å². The maximum absolute atomic E-state index is 14.0. The Labute approximate surface area is 135 Å². The maximum Gasteiger partial charge on any atom is 0.179 e. The normalized spacial score (nSPS) is 15.1. The lowest BCUT2D eigenvalue weighted by Gasteiger charge is -2.14. The molecule has 3 nitrogen and oxygen atoms in total. The standard InChI is InChI=1S/C11H12F4O3S4/c1-5(2)20-10-6(12)8(14)11(9(15)7(10)13)22(18,19)4-21(3,16)17/h5H,4H2,1-3H3. The van der Waals surface area contributed by atoms with Crippen LogP contribution in [0, 0.1) is 23.3 Å². The van der Waals surface area contributed by atoms with Gasteiger partial charge in [0.1, 0.15) is 9.98 Å². The minimum absolute atomic E-state index is 0.377. The Kier molecular flexibility index (Phi) is 5.91. The van der Waals surface area contributed by atoms with Crippen molar-refractivity contribution >= 4 is 41.3 Å². The summed E-state index contributed by atoms with van der Waals surface area (Å²) in [5.41, 5.74) is 0. The fraction of sp³-hybridized carbons (Fsp3) is 0.455. The van der Waals surface area contributed by atoms with E-state index in [0.29, 0.717) is 18.0 Å². The van der Waals surface area contributed by atoms with Gasteiger partial charge in [-0.05, 0) is 11.2 Å². The molecular formula is C11H12F4O3S4. The zero-order valence-electron chi connectivity index (χ0n) is 11.7. The monoisotopic (exact) mass is 396 g/mol. The van der Waals surface area contributed by atoms with Crippen molar-refractivity contribution in [1.82, 2.24) is 0 Å². The molecule has 1 aromatic rings.